The number of rotatable bonds is 5. The fourth-order valence-corrected chi connectivity index (χ4v) is 3.51. The van der Waals surface area contributed by atoms with Gasteiger partial charge in [0.1, 0.15) is 23.2 Å². The zero-order valence-corrected chi connectivity index (χ0v) is 16.5. The van der Waals surface area contributed by atoms with E-state index >= 15 is 0 Å². The van der Waals surface area contributed by atoms with Gasteiger partial charge in [-0.2, -0.15) is 5.26 Å². The summed E-state index contributed by atoms with van der Waals surface area (Å²) in [6, 6.07) is 10.6. The lowest BCUT2D eigenvalue weighted by molar-refractivity contribution is -0.112. The molecular weight excluding hydrogens is 405 g/mol. The van der Waals surface area contributed by atoms with Gasteiger partial charge in [-0.3, -0.25) is 10.1 Å². The van der Waals surface area contributed by atoms with Gasteiger partial charge in [0.2, 0.25) is 0 Å². The fraction of sp³-hybridized carbons (Fsp3) is 0.105. The molecule has 8 heteroatoms. The summed E-state index contributed by atoms with van der Waals surface area (Å²) in [6.45, 7) is 1.78. The minimum Gasteiger partial charge on any atom is -0.462 e. The monoisotopic (exact) mass is 417 g/mol. The topological polar surface area (TPSA) is 78.9 Å². The third-order valence-corrected chi connectivity index (χ3v) is 5.08. The first-order chi connectivity index (χ1) is 12.9. The number of hydrogen-bond donors (Lipinski definition) is 1. The van der Waals surface area contributed by atoms with Crippen molar-refractivity contribution in [3.63, 3.8) is 0 Å². The number of benzene rings is 1. The molecule has 1 aromatic carbocycles. The van der Waals surface area contributed by atoms with Gasteiger partial charge in [-0.25, -0.2) is 4.98 Å². The quantitative estimate of drug-likeness (QED) is 0.439. The van der Waals surface area contributed by atoms with Gasteiger partial charge in [0, 0.05) is 33.6 Å². The van der Waals surface area contributed by atoms with E-state index in [1.807, 2.05) is 6.07 Å². The fourth-order valence-electron chi connectivity index (χ4n) is 2.30. The van der Waals surface area contributed by atoms with E-state index < -0.39 is 5.91 Å². The molecule has 1 amide bonds. The lowest BCUT2D eigenvalue weighted by Gasteiger charge is -2.02. The van der Waals surface area contributed by atoms with Crippen LogP contribution in [0.1, 0.15) is 22.0 Å². The van der Waals surface area contributed by atoms with Crippen LogP contribution in [-0.2, 0) is 11.2 Å². The Balaban J connectivity index is 1.71. The maximum Gasteiger partial charge on any atom is 0.268 e. The van der Waals surface area contributed by atoms with Gasteiger partial charge in [0.25, 0.3) is 5.91 Å². The molecule has 0 aliphatic heterocycles. The van der Waals surface area contributed by atoms with E-state index in [0.717, 1.165) is 10.4 Å². The predicted octanol–water partition coefficient (Wildman–Crippen LogP) is 5.49. The van der Waals surface area contributed by atoms with E-state index in [1.54, 1.807) is 43.5 Å². The first-order valence-corrected chi connectivity index (χ1v) is 9.40. The second-order valence-corrected chi connectivity index (χ2v) is 7.58. The summed E-state index contributed by atoms with van der Waals surface area (Å²) in [7, 11) is 0. The van der Waals surface area contributed by atoms with Crippen LogP contribution in [0.5, 0.6) is 0 Å². The molecule has 0 radical (unpaired) electrons. The van der Waals surface area contributed by atoms with Crippen LogP contribution in [0.2, 0.25) is 10.0 Å². The Kier molecular flexibility index (Phi) is 5.97. The minimum absolute atomic E-state index is 0.0704. The zero-order chi connectivity index (χ0) is 19.4. The Morgan fingerprint density at radius 2 is 2.19 bits per heavy atom. The Morgan fingerprint density at radius 1 is 1.37 bits per heavy atom. The first kappa shape index (κ1) is 19.2. The molecule has 27 heavy (non-hydrogen) atoms. The summed E-state index contributed by atoms with van der Waals surface area (Å²) >= 11 is 13.5. The van der Waals surface area contributed by atoms with Crippen molar-refractivity contribution in [3.8, 4) is 6.07 Å². The number of furan rings is 1. The SMILES string of the molecule is Cc1ccc(/C=C(/C#N)C(=O)Nc2ncc(Cc3cc(Cl)ccc3Cl)s2)o1. The molecule has 2 heterocycles. The number of amides is 1. The molecule has 0 saturated heterocycles. The number of aromatic nitrogens is 1. The molecule has 1 N–H and O–H groups in total. The van der Waals surface area contributed by atoms with Gasteiger partial charge < -0.3 is 4.42 Å². The van der Waals surface area contributed by atoms with Crippen molar-refractivity contribution in [2.45, 2.75) is 13.3 Å². The van der Waals surface area contributed by atoms with Crippen molar-refractivity contribution in [1.29, 1.82) is 5.26 Å². The molecule has 0 unspecified atom stereocenters. The van der Waals surface area contributed by atoms with Crippen LogP contribution in [0.25, 0.3) is 6.08 Å². The number of carbonyl (C=O) groups excluding carboxylic acids is 1. The van der Waals surface area contributed by atoms with Crippen molar-refractivity contribution in [2.75, 3.05) is 5.32 Å². The Bertz CT molecular complexity index is 1060. The van der Waals surface area contributed by atoms with E-state index in [1.165, 1.54) is 17.4 Å². The highest BCUT2D eigenvalue weighted by Crippen LogP contribution is 2.27. The molecule has 5 nitrogen and oxygen atoms in total. The number of thiazole rings is 1. The molecule has 0 spiro atoms. The number of halogens is 2. The van der Waals surface area contributed by atoms with Crippen LogP contribution in [0, 0.1) is 18.3 Å². The highest BCUT2D eigenvalue weighted by Gasteiger charge is 2.13. The van der Waals surface area contributed by atoms with Gasteiger partial charge in [-0.05, 0) is 42.8 Å². The van der Waals surface area contributed by atoms with Crippen LogP contribution in [0.4, 0.5) is 5.13 Å². The molecular formula is C19H13Cl2N3O2S. The molecule has 0 atom stereocenters. The van der Waals surface area contributed by atoms with Crippen LogP contribution in [0.15, 0.2) is 46.5 Å². The lowest BCUT2D eigenvalue weighted by atomic mass is 10.1. The molecule has 2 aromatic heterocycles. The number of carbonyl (C=O) groups is 1. The summed E-state index contributed by atoms with van der Waals surface area (Å²) < 4.78 is 5.36. The average Bonchev–Trinajstić information content (AvgIpc) is 3.24. The number of hydrogen-bond acceptors (Lipinski definition) is 5. The first-order valence-electron chi connectivity index (χ1n) is 7.83. The van der Waals surface area contributed by atoms with Gasteiger partial charge in [0.05, 0.1) is 0 Å². The molecule has 0 aliphatic carbocycles. The van der Waals surface area contributed by atoms with Crippen LogP contribution < -0.4 is 5.32 Å². The van der Waals surface area contributed by atoms with Crippen molar-refractivity contribution >= 4 is 51.7 Å². The minimum atomic E-state index is -0.548. The maximum atomic E-state index is 12.3. The summed E-state index contributed by atoms with van der Waals surface area (Å²) in [5.74, 6) is 0.589. The third-order valence-electron chi connectivity index (χ3n) is 3.56. The lowest BCUT2D eigenvalue weighted by Crippen LogP contribution is -2.13. The van der Waals surface area contributed by atoms with E-state index in [4.69, 9.17) is 27.6 Å². The second kappa shape index (κ2) is 8.40. The van der Waals surface area contributed by atoms with Gasteiger partial charge in [0.15, 0.2) is 5.13 Å². The molecule has 3 rings (SSSR count). The number of nitriles is 1. The number of aryl methyl sites for hydroxylation is 1. The van der Waals surface area contributed by atoms with E-state index in [9.17, 15) is 10.1 Å². The Hall–Kier alpha value is -2.59. The smallest absolute Gasteiger partial charge is 0.268 e. The summed E-state index contributed by atoms with van der Waals surface area (Å²) in [5, 5.41) is 13.5. The van der Waals surface area contributed by atoms with Gasteiger partial charge in [-0.1, -0.05) is 23.2 Å². The number of nitrogens with one attached hydrogen (secondary N) is 1. The second-order valence-electron chi connectivity index (χ2n) is 5.62. The van der Waals surface area contributed by atoms with Crippen molar-refractivity contribution in [1.82, 2.24) is 4.98 Å². The number of anilines is 1. The van der Waals surface area contributed by atoms with E-state index in [-0.39, 0.29) is 5.57 Å². The standard InChI is InChI=1S/C19H13Cl2N3O2S/c1-11-2-4-15(26-11)7-13(9-22)18(25)24-19-23-10-16(27-19)8-12-6-14(20)3-5-17(12)21/h2-7,10H,8H2,1H3,(H,23,24,25)/b13-7-. The highest BCUT2D eigenvalue weighted by atomic mass is 35.5. The Morgan fingerprint density at radius 3 is 2.89 bits per heavy atom. The Labute approximate surface area is 169 Å². The molecule has 3 aromatic rings. The van der Waals surface area contributed by atoms with Crippen LogP contribution in [-0.4, -0.2) is 10.9 Å². The largest absolute Gasteiger partial charge is 0.462 e. The summed E-state index contributed by atoms with van der Waals surface area (Å²) in [4.78, 5) is 17.4. The van der Waals surface area contributed by atoms with Crippen molar-refractivity contribution in [3.05, 3.63) is 74.1 Å². The van der Waals surface area contributed by atoms with E-state index in [2.05, 4.69) is 10.3 Å². The van der Waals surface area contributed by atoms with Crippen LogP contribution in [0.3, 0.4) is 0 Å². The van der Waals surface area contributed by atoms with Crippen molar-refractivity contribution < 1.29 is 9.21 Å². The molecule has 0 saturated carbocycles. The van der Waals surface area contributed by atoms with E-state index in [0.29, 0.717) is 33.1 Å². The molecule has 0 fully saturated rings. The summed E-state index contributed by atoms with van der Waals surface area (Å²) in [6.07, 6.45) is 3.59. The molecule has 0 bridgehead atoms. The third kappa shape index (κ3) is 4.98. The van der Waals surface area contributed by atoms with Crippen molar-refractivity contribution in [2.24, 2.45) is 0 Å². The number of nitrogens with zero attached hydrogens (tertiary/aromatic N) is 2. The van der Waals surface area contributed by atoms with Crippen LogP contribution >= 0.6 is 34.5 Å². The predicted molar refractivity (Wildman–Crippen MR) is 107 cm³/mol. The van der Waals surface area contributed by atoms with Gasteiger partial charge >= 0.3 is 0 Å². The summed E-state index contributed by atoms with van der Waals surface area (Å²) in [5.41, 5.74) is 0.801. The average molecular weight is 418 g/mol. The van der Waals surface area contributed by atoms with Gasteiger partial charge in [-0.15, -0.1) is 11.3 Å². The molecule has 136 valence electrons. The highest BCUT2D eigenvalue weighted by molar-refractivity contribution is 7.15. The molecule has 0 aliphatic rings. The maximum absolute atomic E-state index is 12.3. The zero-order valence-electron chi connectivity index (χ0n) is 14.1. The normalized spacial score (nSPS) is 11.3.